The molecule has 0 aliphatic rings. The van der Waals surface area contributed by atoms with Crippen molar-refractivity contribution in [2.24, 2.45) is 0 Å². The topological polar surface area (TPSA) is 104 Å². The summed E-state index contributed by atoms with van der Waals surface area (Å²) in [5.74, 6) is -0.536. The number of amides is 1. The SMILES string of the molecule is COC(=O)[C@@H]([NH3+])Cc1ccc(O)c(OC(=O)N(C)C)c1.[Cl-]. The van der Waals surface area contributed by atoms with Crippen LogP contribution < -0.4 is 22.9 Å². The number of hydrogen-bond acceptors (Lipinski definition) is 5. The van der Waals surface area contributed by atoms with Gasteiger partial charge in [0.25, 0.3) is 0 Å². The molecule has 0 spiro atoms. The molecular formula is C13H19ClN2O5. The fourth-order valence-electron chi connectivity index (χ4n) is 1.49. The first-order chi connectivity index (χ1) is 9.35. The van der Waals surface area contributed by atoms with Gasteiger partial charge in [0, 0.05) is 20.5 Å². The van der Waals surface area contributed by atoms with Gasteiger partial charge in [0.1, 0.15) is 0 Å². The average Bonchev–Trinajstić information content (AvgIpc) is 2.41. The van der Waals surface area contributed by atoms with Gasteiger partial charge in [-0.15, -0.1) is 0 Å². The number of nitrogens with zero attached hydrogens (tertiary/aromatic N) is 1. The lowest BCUT2D eigenvalue weighted by molar-refractivity contribution is -0.407. The molecule has 1 aromatic carbocycles. The number of phenolic OH excluding ortho intramolecular Hbond substituents is 1. The van der Waals surface area contributed by atoms with Gasteiger partial charge in [0.15, 0.2) is 17.5 Å². The molecule has 118 valence electrons. The number of quaternary nitrogens is 1. The highest BCUT2D eigenvalue weighted by Gasteiger charge is 2.19. The zero-order valence-electron chi connectivity index (χ0n) is 12.1. The molecule has 0 aliphatic carbocycles. The number of ether oxygens (including phenoxy) is 2. The van der Waals surface area contributed by atoms with Gasteiger partial charge in [-0.2, -0.15) is 0 Å². The summed E-state index contributed by atoms with van der Waals surface area (Å²) in [7, 11) is 4.36. The van der Waals surface area contributed by atoms with Crippen molar-refractivity contribution in [1.29, 1.82) is 0 Å². The average molecular weight is 319 g/mol. The molecule has 1 rings (SSSR count). The van der Waals surface area contributed by atoms with Crippen LogP contribution in [0.2, 0.25) is 0 Å². The van der Waals surface area contributed by atoms with E-state index in [1.807, 2.05) is 0 Å². The standard InChI is InChI=1S/C13H18N2O5.ClH/c1-15(2)13(18)20-11-7-8(4-5-10(11)16)6-9(14)12(17)19-3;/h4-5,7,9,16H,6,14H2,1-3H3;1H/t9-;/m0./s1. The van der Waals surface area contributed by atoms with Gasteiger partial charge in [0.2, 0.25) is 0 Å². The number of halogens is 1. The summed E-state index contributed by atoms with van der Waals surface area (Å²) in [4.78, 5) is 24.0. The molecule has 0 aromatic heterocycles. The molecule has 0 fully saturated rings. The largest absolute Gasteiger partial charge is 1.00 e. The normalized spacial score (nSPS) is 11.0. The van der Waals surface area contributed by atoms with Crippen LogP contribution in [-0.4, -0.2) is 49.3 Å². The van der Waals surface area contributed by atoms with Crippen LogP contribution in [0.5, 0.6) is 11.5 Å². The number of aromatic hydroxyl groups is 1. The van der Waals surface area contributed by atoms with Gasteiger partial charge < -0.3 is 37.6 Å². The Morgan fingerprint density at radius 3 is 2.52 bits per heavy atom. The second kappa shape index (κ2) is 8.33. The summed E-state index contributed by atoms with van der Waals surface area (Å²) >= 11 is 0. The Hall–Kier alpha value is -1.99. The number of benzene rings is 1. The molecular weight excluding hydrogens is 300 g/mol. The predicted octanol–water partition coefficient (Wildman–Crippen LogP) is -3.22. The highest BCUT2D eigenvalue weighted by atomic mass is 35.5. The second-order valence-corrected chi connectivity index (χ2v) is 4.49. The van der Waals surface area contributed by atoms with E-state index in [0.717, 1.165) is 0 Å². The van der Waals surface area contributed by atoms with Gasteiger partial charge in [-0.1, -0.05) is 6.07 Å². The quantitative estimate of drug-likeness (QED) is 0.569. The van der Waals surface area contributed by atoms with E-state index < -0.39 is 18.1 Å². The number of rotatable bonds is 4. The predicted molar refractivity (Wildman–Crippen MR) is 70.2 cm³/mol. The molecule has 1 aromatic rings. The third-order valence-corrected chi connectivity index (χ3v) is 2.60. The first kappa shape index (κ1) is 19.0. The van der Waals surface area contributed by atoms with Crippen LogP contribution in [0.25, 0.3) is 0 Å². The molecule has 1 amide bonds. The van der Waals surface area contributed by atoms with Crippen molar-refractivity contribution >= 4 is 12.1 Å². The summed E-state index contributed by atoms with van der Waals surface area (Å²) in [6.07, 6.45) is -0.281. The fourth-order valence-corrected chi connectivity index (χ4v) is 1.49. The van der Waals surface area contributed by atoms with Crippen molar-refractivity contribution in [2.45, 2.75) is 12.5 Å². The van der Waals surface area contributed by atoms with Gasteiger partial charge in [0.05, 0.1) is 7.11 Å². The van der Waals surface area contributed by atoms with E-state index >= 15 is 0 Å². The van der Waals surface area contributed by atoms with Crippen molar-refractivity contribution < 1.29 is 42.3 Å². The number of methoxy groups -OCH3 is 1. The van der Waals surface area contributed by atoms with Gasteiger partial charge in [-0.25, -0.2) is 9.59 Å². The highest BCUT2D eigenvalue weighted by molar-refractivity contribution is 5.74. The molecule has 1 atom stereocenters. The minimum atomic E-state index is -0.600. The van der Waals surface area contributed by atoms with Crippen LogP contribution in [0.4, 0.5) is 4.79 Å². The summed E-state index contributed by atoms with van der Waals surface area (Å²) in [5, 5.41) is 9.65. The van der Waals surface area contributed by atoms with Crippen LogP contribution in [0.1, 0.15) is 5.56 Å². The number of phenols is 1. The van der Waals surface area contributed by atoms with Crippen LogP contribution >= 0.6 is 0 Å². The fraction of sp³-hybridized carbons (Fsp3) is 0.385. The van der Waals surface area contributed by atoms with Crippen LogP contribution in [0.15, 0.2) is 18.2 Å². The van der Waals surface area contributed by atoms with Crippen LogP contribution in [0.3, 0.4) is 0 Å². The van der Waals surface area contributed by atoms with Crippen molar-refractivity contribution in [3.63, 3.8) is 0 Å². The van der Waals surface area contributed by atoms with E-state index in [1.54, 1.807) is 6.07 Å². The monoisotopic (exact) mass is 318 g/mol. The van der Waals surface area contributed by atoms with Gasteiger partial charge in [-0.05, 0) is 17.7 Å². The van der Waals surface area contributed by atoms with E-state index in [2.05, 4.69) is 10.5 Å². The minimum Gasteiger partial charge on any atom is -1.00 e. The molecule has 0 saturated carbocycles. The number of carbonyl (C=O) groups is 2. The van der Waals surface area contributed by atoms with Gasteiger partial charge in [-0.3, -0.25) is 0 Å². The molecule has 4 N–H and O–H groups in total. The molecule has 0 saturated heterocycles. The van der Waals surface area contributed by atoms with E-state index in [9.17, 15) is 14.7 Å². The summed E-state index contributed by atoms with van der Waals surface area (Å²) in [6.45, 7) is 0. The Bertz CT molecular complexity index is 507. The molecule has 21 heavy (non-hydrogen) atoms. The van der Waals surface area contributed by atoms with Crippen molar-refractivity contribution in [2.75, 3.05) is 21.2 Å². The zero-order valence-corrected chi connectivity index (χ0v) is 12.9. The Morgan fingerprint density at radius 1 is 1.38 bits per heavy atom. The molecule has 0 unspecified atom stereocenters. The Morgan fingerprint density at radius 2 is 2.00 bits per heavy atom. The molecule has 0 radical (unpaired) electrons. The highest BCUT2D eigenvalue weighted by Crippen LogP contribution is 2.27. The van der Waals surface area contributed by atoms with Gasteiger partial charge >= 0.3 is 12.1 Å². The molecule has 7 nitrogen and oxygen atoms in total. The molecule has 0 bridgehead atoms. The van der Waals surface area contributed by atoms with Crippen molar-refractivity contribution in [1.82, 2.24) is 4.90 Å². The molecule has 0 aliphatic heterocycles. The summed E-state index contributed by atoms with van der Waals surface area (Å²) < 4.78 is 9.61. The van der Waals surface area contributed by atoms with E-state index in [4.69, 9.17) is 4.74 Å². The first-order valence-corrected chi connectivity index (χ1v) is 5.97. The second-order valence-electron chi connectivity index (χ2n) is 4.49. The van der Waals surface area contributed by atoms with Crippen molar-refractivity contribution in [3.8, 4) is 11.5 Å². The third kappa shape index (κ3) is 5.49. The lowest BCUT2D eigenvalue weighted by Gasteiger charge is -2.13. The summed E-state index contributed by atoms with van der Waals surface area (Å²) in [5.41, 5.74) is 4.40. The van der Waals surface area contributed by atoms with Crippen molar-refractivity contribution in [3.05, 3.63) is 23.8 Å². The number of hydrogen-bond donors (Lipinski definition) is 2. The summed E-state index contributed by atoms with van der Waals surface area (Å²) in [6, 6.07) is 3.96. The maximum Gasteiger partial charge on any atom is 0.414 e. The maximum absolute atomic E-state index is 11.5. The minimum absolute atomic E-state index is 0. The maximum atomic E-state index is 11.5. The lowest BCUT2D eigenvalue weighted by atomic mass is 10.1. The Kier molecular flexibility index (Phi) is 7.54. The Balaban J connectivity index is 0.00000400. The third-order valence-electron chi connectivity index (χ3n) is 2.60. The molecule has 0 heterocycles. The zero-order chi connectivity index (χ0) is 15.3. The van der Waals surface area contributed by atoms with E-state index in [1.165, 1.54) is 38.2 Å². The first-order valence-electron chi connectivity index (χ1n) is 5.97. The number of carbonyl (C=O) groups excluding carboxylic acids is 2. The van der Waals surface area contributed by atoms with Crippen LogP contribution in [-0.2, 0) is 16.0 Å². The smallest absolute Gasteiger partial charge is 0.414 e. The van der Waals surface area contributed by atoms with E-state index in [0.29, 0.717) is 12.0 Å². The molecule has 8 heteroatoms. The van der Waals surface area contributed by atoms with Crippen LogP contribution in [0, 0.1) is 0 Å². The van der Waals surface area contributed by atoms with E-state index in [-0.39, 0.29) is 23.9 Å². The number of esters is 1. The lowest BCUT2D eigenvalue weighted by Crippen LogP contribution is -3.00. The Labute approximate surface area is 129 Å².